The Morgan fingerprint density at radius 3 is 2.62 bits per heavy atom. The maximum atomic E-state index is 12.0. The molecule has 0 atom stereocenters. The fourth-order valence-corrected chi connectivity index (χ4v) is 3.37. The number of thiazole rings is 1. The first-order valence-electron chi connectivity index (χ1n) is 8.14. The molecule has 0 radical (unpaired) electrons. The quantitative estimate of drug-likeness (QED) is 0.677. The van der Waals surface area contributed by atoms with E-state index in [1.807, 2.05) is 35.7 Å². The van der Waals surface area contributed by atoms with E-state index in [0.717, 1.165) is 11.4 Å². The lowest BCUT2D eigenvalue weighted by Gasteiger charge is -2.05. The standard InChI is InChI=1S/C19H19N3O3S/c1-12-8-16(13(2)25-12)19(24)22-21-17(23)10-15-11-26-18(20-15)9-14-6-4-3-5-7-14/h3-8,11H,9-10H2,1-2H3,(H,21,23)(H,22,24). The molecule has 7 heteroatoms. The summed E-state index contributed by atoms with van der Waals surface area (Å²) in [6, 6.07) is 11.7. The summed E-state index contributed by atoms with van der Waals surface area (Å²) in [5.41, 5.74) is 7.07. The zero-order chi connectivity index (χ0) is 18.5. The van der Waals surface area contributed by atoms with Crippen molar-refractivity contribution in [2.24, 2.45) is 0 Å². The van der Waals surface area contributed by atoms with Crippen LogP contribution < -0.4 is 10.9 Å². The first-order valence-corrected chi connectivity index (χ1v) is 9.02. The number of hydrogen-bond donors (Lipinski definition) is 2. The molecule has 0 aliphatic carbocycles. The van der Waals surface area contributed by atoms with Gasteiger partial charge < -0.3 is 4.42 Å². The zero-order valence-electron chi connectivity index (χ0n) is 14.5. The molecule has 134 valence electrons. The molecule has 2 heterocycles. The smallest absolute Gasteiger partial charge is 0.273 e. The second-order valence-corrected chi connectivity index (χ2v) is 6.84. The Morgan fingerprint density at radius 2 is 1.92 bits per heavy atom. The third-order valence-corrected chi connectivity index (χ3v) is 4.64. The van der Waals surface area contributed by atoms with Crippen molar-refractivity contribution in [3.63, 3.8) is 0 Å². The third kappa shape index (κ3) is 4.58. The number of carbonyl (C=O) groups excluding carboxylic acids is 2. The number of benzene rings is 1. The van der Waals surface area contributed by atoms with Crippen LogP contribution in [0.1, 0.15) is 38.1 Å². The van der Waals surface area contributed by atoms with Crippen LogP contribution in [0.5, 0.6) is 0 Å². The van der Waals surface area contributed by atoms with Crippen LogP contribution >= 0.6 is 11.3 Å². The highest BCUT2D eigenvalue weighted by molar-refractivity contribution is 7.09. The van der Waals surface area contributed by atoms with Gasteiger partial charge in [-0.15, -0.1) is 11.3 Å². The fourth-order valence-electron chi connectivity index (χ4n) is 2.54. The molecule has 0 aliphatic rings. The summed E-state index contributed by atoms with van der Waals surface area (Å²) in [5.74, 6) is 0.426. The lowest BCUT2D eigenvalue weighted by Crippen LogP contribution is -2.42. The van der Waals surface area contributed by atoms with Gasteiger partial charge in [-0.05, 0) is 25.5 Å². The van der Waals surface area contributed by atoms with E-state index in [9.17, 15) is 9.59 Å². The Labute approximate surface area is 155 Å². The third-order valence-electron chi connectivity index (χ3n) is 3.74. The number of nitrogens with zero attached hydrogens (tertiary/aromatic N) is 1. The van der Waals surface area contributed by atoms with Crippen LogP contribution in [-0.4, -0.2) is 16.8 Å². The van der Waals surface area contributed by atoms with Gasteiger partial charge in [-0.25, -0.2) is 4.98 Å². The lowest BCUT2D eigenvalue weighted by atomic mass is 10.2. The van der Waals surface area contributed by atoms with Gasteiger partial charge in [0.05, 0.1) is 22.7 Å². The number of nitrogens with one attached hydrogen (secondary N) is 2. The molecule has 0 unspecified atom stereocenters. The first-order chi connectivity index (χ1) is 12.5. The topological polar surface area (TPSA) is 84.2 Å². The summed E-state index contributed by atoms with van der Waals surface area (Å²) in [6.45, 7) is 3.46. The Bertz CT molecular complexity index is 915. The summed E-state index contributed by atoms with van der Waals surface area (Å²) in [6.07, 6.45) is 0.845. The van der Waals surface area contributed by atoms with Crippen molar-refractivity contribution >= 4 is 23.2 Å². The van der Waals surface area contributed by atoms with Crippen molar-refractivity contribution in [1.82, 2.24) is 15.8 Å². The maximum absolute atomic E-state index is 12.0. The van der Waals surface area contributed by atoms with Gasteiger partial charge >= 0.3 is 0 Å². The molecule has 1 aromatic carbocycles. The number of aryl methyl sites for hydroxylation is 2. The Balaban J connectivity index is 1.51. The molecule has 26 heavy (non-hydrogen) atoms. The molecule has 3 rings (SSSR count). The largest absolute Gasteiger partial charge is 0.466 e. The van der Waals surface area contributed by atoms with Crippen molar-refractivity contribution in [3.8, 4) is 0 Å². The minimum Gasteiger partial charge on any atom is -0.466 e. The Hall–Kier alpha value is -2.93. The molecule has 0 saturated carbocycles. The molecular formula is C19H19N3O3S. The van der Waals surface area contributed by atoms with Gasteiger partial charge in [0, 0.05) is 11.8 Å². The van der Waals surface area contributed by atoms with Crippen molar-refractivity contribution in [3.05, 3.63) is 75.1 Å². The number of hydrazine groups is 1. The van der Waals surface area contributed by atoms with Crippen LogP contribution in [0.2, 0.25) is 0 Å². The fraction of sp³-hybridized carbons (Fsp3) is 0.211. The number of rotatable bonds is 5. The summed E-state index contributed by atoms with van der Waals surface area (Å²) >= 11 is 1.52. The summed E-state index contributed by atoms with van der Waals surface area (Å²) in [7, 11) is 0. The minimum atomic E-state index is -0.407. The molecule has 0 aliphatic heterocycles. The molecule has 6 nitrogen and oxygen atoms in total. The molecule has 0 saturated heterocycles. The normalized spacial score (nSPS) is 10.5. The number of carbonyl (C=O) groups is 2. The highest BCUT2D eigenvalue weighted by atomic mass is 32.1. The van der Waals surface area contributed by atoms with Crippen LogP contribution in [0.15, 0.2) is 46.2 Å². The van der Waals surface area contributed by atoms with Crippen LogP contribution in [0.3, 0.4) is 0 Å². The average molecular weight is 369 g/mol. The van der Waals surface area contributed by atoms with Gasteiger partial charge in [0.25, 0.3) is 5.91 Å². The molecule has 2 amide bonds. The van der Waals surface area contributed by atoms with Crippen molar-refractivity contribution < 1.29 is 14.0 Å². The number of aromatic nitrogens is 1. The maximum Gasteiger partial charge on any atom is 0.273 e. The lowest BCUT2D eigenvalue weighted by molar-refractivity contribution is -0.121. The van der Waals surface area contributed by atoms with Crippen LogP contribution in [-0.2, 0) is 17.6 Å². The van der Waals surface area contributed by atoms with Gasteiger partial charge in [0.15, 0.2) is 0 Å². The highest BCUT2D eigenvalue weighted by Gasteiger charge is 2.14. The Kier molecular flexibility index (Phi) is 5.48. The minimum absolute atomic E-state index is 0.106. The molecule has 0 bridgehead atoms. The molecule has 0 fully saturated rings. The van der Waals surface area contributed by atoms with Gasteiger partial charge in [-0.2, -0.15) is 0 Å². The van der Waals surface area contributed by atoms with Crippen molar-refractivity contribution in [2.75, 3.05) is 0 Å². The van der Waals surface area contributed by atoms with E-state index >= 15 is 0 Å². The van der Waals surface area contributed by atoms with E-state index in [0.29, 0.717) is 22.8 Å². The van der Waals surface area contributed by atoms with Crippen molar-refractivity contribution in [2.45, 2.75) is 26.7 Å². The van der Waals surface area contributed by atoms with E-state index in [-0.39, 0.29) is 12.3 Å². The van der Waals surface area contributed by atoms with E-state index in [1.165, 1.54) is 16.9 Å². The highest BCUT2D eigenvalue weighted by Crippen LogP contribution is 2.15. The zero-order valence-corrected chi connectivity index (χ0v) is 15.4. The van der Waals surface area contributed by atoms with Crippen LogP contribution in [0.4, 0.5) is 0 Å². The van der Waals surface area contributed by atoms with Crippen LogP contribution in [0.25, 0.3) is 0 Å². The molecule has 2 N–H and O–H groups in total. The second kappa shape index (κ2) is 7.97. The molecule has 3 aromatic rings. The number of furan rings is 1. The summed E-state index contributed by atoms with van der Waals surface area (Å²) in [4.78, 5) is 28.5. The van der Waals surface area contributed by atoms with E-state index < -0.39 is 5.91 Å². The summed E-state index contributed by atoms with van der Waals surface area (Å²) in [5, 5.41) is 2.82. The SMILES string of the molecule is Cc1cc(C(=O)NNC(=O)Cc2csc(Cc3ccccc3)n2)c(C)o1. The van der Waals surface area contributed by atoms with Crippen molar-refractivity contribution in [1.29, 1.82) is 0 Å². The van der Waals surface area contributed by atoms with Crippen LogP contribution in [0, 0.1) is 13.8 Å². The van der Waals surface area contributed by atoms with Gasteiger partial charge in [-0.3, -0.25) is 20.4 Å². The molecule has 2 aromatic heterocycles. The van der Waals surface area contributed by atoms with E-state index in [4.69, 9.17) is 4.42 Å². The predicted octanol–water partition coefficient (Wildman–Crippen LogP) is 2.95. The summed E-state index contributed by atoms with van der Waals surface area (Å²) < 4.78 is 5.31. The number of amides is 2. The molecule has 0 spiro atoms. The first kappa shape index (κ1) is 17.9. The van der Waals surface area contributed by atoms with E-state index in [1.54, 1.807) is 19.9 Å². The predicted molar refractivity (Wildman–Crippen MR) is 98.9 cm³/mol. The number of hydrogen-bond acceptors (Lipinski definition) is 5. The second-order valence-electron chi connectivity index (χ2n) is 5.90. The average Bonchev–Trinajstić information content (AvgIpc) is 3.19. The Morgan fingerprint density at radius 1 is 1.15 bits per heavy atom. The monoisotopic (exact) mass is 369 g/mol. The van der Waals surface area contributed by atoms with Gasteiger partial charge in [0.1, 0.15) is 11.5 Å². The van der Waals surface area contributed by atoms with E-state index in [2.05, 4.69) is 15.8 Å². The van der Waals surface area contributed by atoms with Gasteiger partial charge in [-0.1, -0.05) is 30.3 Å². The molecular weight excluding hydrogens is 350 g/mol. The van der Waals surface area contributed by atoms with Gasteiger partial charge in [0.2, 0.25) is 5.91 Å².